The lowest BCUT2D eigenvalue weighted by Gasteiger charge is -2.09. The molecule has 2 aromatic carbocycles. The van der Waals surface area contributed by atoms with Crippen molar-refractivity contribution in [2.45, 2.75) is 0 Å². The summed E-state index contributed by atoms with van der Waals surface area (Å²) in [5.41, 5.74) is 2.96. The zero-order valence-electron chi connectivity index (χ0n) is 13.3. The molecular formula is C17H15ClN2O5. The third-order valence-corrected chi connectivity index (χ3v) is 3.64. The molecule has 8 heteroatoms. The molecule has 0 bridgehead atoms. The lowest BCUT2D eigenvalue weighted by Crippen LogP contribution is -2.24. The Bertz CT molecular complexity index is 810. The summed E-state index contributed by atoms with van der Waals surface area (Å²) in [6.07, 6.45) is 1.42. The summed E-state index contributed by atoms with van der Waals surface area (Å²) in [5, 5.41) is 4.30. The number of carbonyl (C=O) groups excluding carboxylic acids is 1. The molecule has 1 heterocycles. The first-order valence-corrected chi connectivity index (χ1v) is 7.72. The number of hydrazone groups is 1. The van der Waals surface area contributed by atoms with E-state index >= 15 is 0 Å². The van der Waals surface area contributed by atoms with E-state index in [2.05, 4.69) is 10.5 Å². The van der Waals surface area contributed by atoms with Gasteiger partial charge in [-0.15, -0.1) is 0 Å². The van der Waals surface area contributed by atoms with Gasteiger partial charge in [0.15, 0.2) is 29.6 Å². The van der Waals surface area contributed by atoms with E-state index in [0.717, 1.165) is 0 Å². The number of ether oxygens (including phenoxy) is 4. The lowest BCUT2D eigenvalue weighted by molar-refractivity contribution is -0.123. The second kappa shape index (κ2) is 7.76. The third kappa shape index (κ3) is 4.13. The van der Waals surface area contributed by atoms with Gasteiger partial charge in [0, 0.05) is 11.6 Å². The van der Waals surface area contributed by atoms with Crippen LogP contribution in [0.2, 0.25) is 5.02 Å². The fourth-order valence-corrected chi connectivity index (χ4v) is 2.32. The average molecular weight is 363 g/mol. The average Bonchev–Trinajstić information content (AvgIpc) is 3.07. The van der Waals surface area contributed by atoms with Crippen LogP contribution in [-0.2, 0) is 4.79 Å². The van der Waals surface area contributed by atoms with Gasteiger partial charge >= 0.3 is 0 Å². The van der Waals surface area contributed by atoms with Gasteiger partial charge in [-0.05, 0) is 18.2 Å². The highest BCUT2D eigenvalue weighted by Gasteiger charge is 2.15. The molecule has 0 aromatic heterocycles. The minimum atomic E-state index is -0.418. The van der Waals surface area contributed by atoms with Crippen LogP contribution in [0.15, 0.2) is 41.5 Å². The Morgan fingerprint density at radius 1 is 1.28 bits per heavy atom. The van der Waals surface area contributed by atoms with E-state index in [9.17, 15) is 4.79 Å². The Morgan fingerprint density at radius 2 is 2.00 bits per heavy atom. The molecule has 7 nitrogen and oxygen atoms in total. The van der Waals surface area contributed by atoms with Gasteiger partial charge < -0.3 is 18.9 Å². The van der Waals surface area contributed by atoms with Gasteiger partial charge in [0.05, 0.1) is 18.3 Å². The number of benzene rings is 2. The van der Waals surface area contributed by atoms with Gasteiger partial charge in [0.25, 0.3) is 5.91 Å². The monoisotopic (exact) mass is 362 g/mol. The van der Waals surface area contributed by atoms with Crippen LogP contribution < -0.4 is 24.4 Å². The Kier molecular flexibility index (Phi) is 5.25. The zero-order chi connectivity index (χ0) is 17.6. The van der Waals surface area contributed by atoms with Crippen molar-refractivity contribution < 1.29 is 23.7 Å². The Morgan fingerprint density at radius 3 is 2.76 bits per heavy atom. The summed E-state index contributed by atoms with van der Waals surface area (Å²) in [6.45, 7) is -0.0458. The molecule has 0 aliphatic carbocycles. The fraction of sp³-hybridized carbons (Fsp3) is 0.176. The summed E-state index contributed by atoms with van der Waals surface area (Å²) < 4.78 is 21.0. The van der Waals surface area contributed by atoms with E-state index in [1.54, 1.807) is 30.3 Å². The molecule has 0 saturated heterocycles. The maximum atomic E-state index is 11.8. The number of hydrogen-bond donors (Lipinski definition) is 1. The number of carbonyl (C=O) groups is 1. The largest absolute Gasteiger partial charge is 0.493 e. The van der Waals surface area contributed by atoms with E-state index in [1.165, 1.54) is 13.3 Å². The maximum Gasteiger partial charge on any atom is 0.277 e. The molecule has 2 aromatic rings. The van der Waals surface area contributed by atoms with Gasteiger partial charge in [0.1, 0.15) is 0 Å². The molecule has 1 aliphatic rings. The number of nitrogens with zero attached hydrogens (tertiary/aromatic N) is 1. The van der Waals surface area contributed by atoms with E-state index in [4.69, 9.17) is 30.5 Å². The maximum absolute atomic E-state index is 11.8. The number of methoxy groups -OCH3 is 1. The number of amides is 1. The van der Waals surface area contributed by atoms with E-state index in [1.807, 2.05) is 6.07 Å². The van der Waals surface area contributed by atoms with E-state index in [-0.39, 0.29) is 13.4 Å². The first-order chi connectivity index (χ1) is 12.2. The van der Waals surface area contributed by atoms with Crippen LogP contribution in [0.1, 0.15) is 5.56 Å². The molecule has 25 heavy (non-hydrogen) atoms. The third-order valence-electron chi connectivity index (χ3n) is 3.31. The first-order valence-electron chi connectivity index (χ1n) is 7.34. The van der Waals surface area contributed by atoms with Crippen LogP contribution >= 0.6 is 11.6 Å². The quantitative estimate of drug-likeness (QED) is 0.631. The summed E-state index contributed by atoms with van der Waals surface area (Å²) in [7, 11) is 1.53. The van der Waals surface area contributed by atoms with Crippen LogP contribution in [0.5, 0.6) is 23.0 Å². The second-order valence-electron chi connectivity index (χ2n) is 4.96. The lowest BCUT2D eigenvalue weighted by atomic mass is 10.2. The Balaban J connectivity index is 1.55. The predicted molar refractivity (Wildman–Crippen MR) is 91.8 cm³/mol. The molecule has 0 unspecified atom stereocenters. The van der Waals surface area contributed by atoms with Crippen molar-refractivity contribution in [1.82, 2.24) is 5.43 Å². The highest BCUT2D eigenvalue weighted by Crippen LogP contribution is 2.36. The number of nitrogens with one attached hydrogen (secondary N) is 1. The number of rotatable bonds is 6. The molecular weight excluding hydrogens is 348 g/mol. The van der Waals surface area contributed by atoms with Crippen molar-refractivity contribution >= 4 is 23.7 Å². The SMILES string of the molecule is COc1ccccc1OCC(=O)N/N=C/c1cc2c(cc1Cl)OCO2. The fourth-order valence-electron chi connectivity index (χ4n) is 2.12. The van der Waals surface area contributed by atoms with Gasteiger partial charge in [-0.3, -0.25) is 4.79 Å². The van der Waals surface area contributed by atoms with Crippen molar-refractivity contribution in [2.75, 3.05) is 20.5 Å². The van der Waals surface area contributed by atoms with Crippen molar-refractivity contribution in [3.63, 3.8) is 0 Å². The standard InChI is InChI=1S/C17H15ClN2O5/c1-22-13-4-2-3-5-14(13)23-9-17(21)20-19-8-11-6-15-16(7-12(11)18)25-10-24-15/h2-8H,9-10H2,1H3,(H,20,21)/b19-8+. The molecule has 0 radical (unpaired) electrons. The van der Waals surface area contributed by atoms with Crippen molar-refractivity contribution in [1.29, 1.82) is 0 Å². The van der Waals surface area contributed by atoms with Crippen LogP contribution in [0.25, 0.3) is 0 Å². The minimum Gasteiger partial charge on any atom is -0.493 e. The molecule has 1 N–H and O–H groups in total. The summed E-state index contributed by atoms with van der Waals surface area (Å²) in [6, 6.07) is 10.4. The van der Waals surface area contributed by atoms with E-state index in [0.29, 0.717) is 33.6 Å². The molecule has 0 spiro atoms. The molecule has 130 valence electrons. The van der Waals surface area contributed by atoms with Crippen molar-refractivity contribution in [3.8, 4) is 23.0 Å². The summed E-state index contributed by atoms with van der Waals surface area (Å²) in [5.74, 6) is 1.76. The number of fused-ring (bicyclic) bond motifs is 1. The van der Waals surface area contributed by atoms with Gasteiger partial charge in [-0.1, -0.05) is 23.7 Å². The van der Waals surface area contributed by atoms with Gasteiger partial charge in [-0.25, -0.2) is 5.43 Å². The smallest absolute Gasteiger partial charge is 0.277 e. The molecule has 3 rings (SSSR count). The number of para-hydroxylation sites is 2. The molecule has 0 saturated carbocycles. The topological polar surface area (TPSA) is 78.4 Å². The zero-order valence-corrected chi connectivity index (χ0v) is 14.1. The minimum absolute atomic E-state index is 0.156. The highest BCUT2D eigenvalue weighted by molar-refractivity contribution is 6.33. The van der Waals surface area contributed by atoms with Gasteiger partial charge in [-0.2, -0.15) is 5.10 Å². The molecule has 0 fully saturated rings. The number of halogens is 1. The predicted octanol–water partition coefficient (Wildman–Crippen LogP) is 2.61. The van der Waals surface area contributed by atoms with Crippen LogP contribution in [0.3, 0.4) is 0 Å². The second-order valence-corrected chi connectivity index (χ2v) is 5.37. The number of hydrogen-bond acceptors (Lipinski definition) is 6. The van der Waals surface area contributed by atoms with E-state index < -0.39 is 5.91 Å². The van der Waals surface area contributed by atoms with Crippen molar-refractivity contribution in [3.05, 3.63) is 47.0 Å². The summed E-state index contributed by atoms with van der Waals surface area (Å²) >= 11 is 6.12. The Hall–Kier alpha value is -2.93. The van der Waals surface area contributed by atoms with Crippen LogP contribution in [0.4, 0.5) is 0 Å². The Labute approximate surface area is 149 Å². The van der Waals surface area contributed by atoms with Crippen LogP contribution in [0, 0.1) is 0 Å². The molecule has 1 amide bonds. The first kappa shape index (κ1) is 16.9. The summed E-state index contributed by atoms with van der Waals surface area (Å²) in [4.78, 5) is 11.8. The normalized spacial score (nSPS) is 12.2. The molecule has 1 aliphatic heterocycles. The highest BCUT2D eigenvalue weighted by atomic mass is 35.5. The van der Waals surface area contributed by atoms with Gasteiger partial charge in [0.2, 0.25) is 6.79 Å². The molecule has 0 atom stereocenters. The van der Waals surface area contributed by atoms with Crippen LogP contribution in [-0.4, -0.2) is 32.6 Å². The van der Waals surface area contributed by atoms with Crippen molar-refractivity contribution in [2.24, 2.45) is 5.10 Å².